The Balaban J connectivity index is 2.00. The van der Waals surface area contributed by atoms with Gasteiger partial charge in [-0.05, 0) is 76.2 Å². The first-order valence-corrected chi connectivity index (χ1v) is 10.3. The second-order valence-corrected chi connectivity index (χ2v) is 8.37. The number of rotatable bonds is 5. The van der Waals surface area contributed by atoms with Gasteiger partial charge in [-0.3, -0.25) is 10.1 Å². The summed E-state index contributed by atoms with van der Waals surface area (Å²) in [5.74, 6) is 5.00. The van der Waals surface area contributed by atoms with Gasteiger partial charge in [-0.1, -0.05) is 11.8 Å². The molecule has 0 spiro atoms. The molecule has 0 aliphatic carbocycles. The highest BCUT2D eigenvalue weighted by Gasteiger charge is 2.25. The van der Waals surface area contributed by atoms with Crippen LogP contribution < -0.4 is 16.4 Å². The van der Waals surface area contributed by atoms with Crippen molar-refractivity contribution in [2.75, 3.05) is 12.4 Å². The van der Waals surface area contributed by atoms with Crippen molar-refractivity contribution in [1.82, 2.24) is 5.32 Å². The molecule has 4 N–H and O–H groups in total. The number of methoxy groups -OCH3 is 1. The molecule has 174 valence electrons. The Bertz CT molecular complexity index is 1040. The number of nitrogens with one attached hydrogen (secondary N) is 2. The fourth-order valence-electron chi connectivity index (χ4n) is 2.66. The van der Waals surface area contributed by atoms with Crippen molar-refractivity contribution in [3.63, 3.8) is 0 Å². The summed E-state index contributed by atoms with van der Waals surface area (Å²) >= 11 is 0. The monoisotopic (exact) mass is 451 g/mol. The Morgan fingerprint density at radius 2 is 1.45 bits per heavy atom. The molecular weight excluding hydrogens is 422 g/mol. The van der Waals surface area contributed by atoms with Crippen molar-refractivity contribution in [3.05, 3.63) is 65.2 Å². The van der Waals surface area contributed by atoms with E-state index in [0.29, 0.717) is 16.8 Å². The summed E-state index contributed by atoms with van der Waals surface area (Å²) in [5, 5.41) is 5.24. The summed E-state index contributed by atoms with van der Waals surface area (Å²) in [7, 11) is 1.24. The molecule has 0 aliphatic heterocycles. The molecular formula is C25H29N3O5. The Kier molecular flexibility index (Phi) is 8.60. The van der Waals surface area contributed by atoms with Crippen LogP contribution in [0.2, 0.25) is 0 Å². The minimum Gasteiger partial charge on any atom is -0.467 e. The van der Waals surface area contributed by atoms with Gasteiger partial charge in [0, 0.05) is 28.4 Å². The summed E-state index contributed by atoms with van der Waals surface area (Å²) < 4.78 is 9.89. The van der Waals surface area contributed by atoms with Crippen LogP contribution in [0.25, 0.3) is 0 Å². The number of anilines is 1. The third-order valence-corrected chi connectivity index (χ3v) is 4.30. The molecule has 2 aromatic rings. The molecule has 2 atom stereocenters. The van der Waals surface area contributed by atoms with Gasteiger partial charge in [0.15, 0.2) is 0 Å². The number of hydrogen-bond acceptors (Lipinski definition) is 6. The molecule has 0 bridgehead atoms. The van der Waals surface area contributed by atoms with Gasteiger partial charge in [0.1, 0.15) is 11.6 Å². The lowest BCUT2D eigenvalue weighted by Crippen LogP contribution is -2.51. The predicted octanol–water partition coefficient (Wildman–Crippen LogP) is 3.05. The van der Waals surface area contributed by atoms with Crippen molar-refractivity contribution in [3.8, 4) is 11.8 Å². The normalized spacial score (nSPS) is 12.4. The first kappa shape index (κ1) is 25.4. The lowest BCUT2D eigenvalue weighted by molar-refractivity contribution is -0.143. The van der Waals surface area contributed by atoms with E-state index < -0.39 is 35.7 Å². The van der Waals surface area contributed by atoms with Gasteiger partial charge in [0.2, 0.25) is 0 Å². The van der Waals surface area contributed by atoms with Crippen LogP contribution in [0.1, 0.15) is 49.2 Å². The first-order chi connectivity index (χ1) is 15.5. The highest BCUT2D eigenvalue weighted by Crippen LogP contribution is 2.13. The van der Waals surface area contributed by atoms with E-state index in [1.165, 1.54) is 7.11 Å². The highest BCUT2D eigenvalue weighted by molar-refractivity contribution is 5.97. The van der Waals surface area contributed by atoms with E-state index in [9.17, 15) is 14.4 Å². The largest absolute Gasteiger partial charge is 0.467 e. The van der Waals surface area contributed by atoms with E-state index in [-0.39, 0.29) is 0 Å². The van der Waals surface area contributed by atoms with Gasteiger partial charge in [0.05, 0.1) is 7.11 Å². The second kappa shape index (κ2) is 11.2. The Morgan fingerprint density at radius 3 is 1.91 bits per heavy atom. The van der Waals surface area contributed by atoms with E-state index >= 15 is 0 Å². The molecule has 0 heterocycles. The van der Waals surface area contributed by atoms with Crippen molar-refractivity contribution in [2.45, 2.75) is 45.4 Å². The number of carbonyl (C=O) groups is 3. The first-order valence-electron chi connectivity index (χ1n) is 10.3. The minimum atomic E-state index is -0.935. The molecule has 0 saturated heterocycles. The number of hydrogen-bond donors (Lipinski definition) is 3. The van der Waals surface area contributed by atoms with E-state index in [1.807, 2.05) is 0 Å². The zero-order valence-corrected chi connectivity index (χ0v) is 19.4. The maximum Gasteiger partial charge on any atom is 0.412 e. The molecule has 33 heavy (non-hydrogen) atoms. The van der Waals surface area contributed by atoms with Gasteiger partial charge in [-0.15, -0.1) is 0 Å². The lowest BCUT2D eigenvalue weighted by atomic mass is 10.1. The molecule has 2 rings (SSSR count). The van der Waals surface area contributed by atoms with Crippen molar-refractivity contribution < 1.29 is 23.9 Å². The molecule has 0 radical (unpaired) electrons. The number of carbonyl (C=O) groups excluding carboxylic acids is 3. The Labute approximate surface area is 193 Å². The van der Waals surface area contributed by atoms with Crippen LogP contribution in [-0.4, -0.2) is 42.8 Å². The highest BCUT2D eigenvalue weighted by atomic mass is 16.6. The zero-order valence-electron chi connectivity index (χ0n) is 19.4. The third kappa shape index (κ3) is 8.31. The SMILES string of the molecule is COC(=O)C(NC(=O)c1ccc(C#Cc2ccc(NC(=O)OC(C)(C)C)cc2)cc1)C(C)N. The average molecular weight is 452 g/mol. The van der Waals surface area contributed by atoms with Crippen molar-refractivity contribution >= 4 is 23.7 Å². The standard InChI is InChI=1S/C25H29N3O5/c1-16(26)21(23(30)32-5)28-22(29)19-12-8-17(9-13-19)6-7-18-10-14-20(15-11-18)27-24(31)33-25(2,3)4/h8-16,21H,26H2,1-5H3,(H,27,31)(H,28,29). The van der Waals surface area contributed by atoms with Gasteiger partial charge in [0.25, 0.3) is 5.91 Å². The van der Waals surface area contributed by atoms with Gasteiger partial charge in [-0.25, -0.2) is 9.59 Å². The number of benzene rings is 2. The molecule has 8 heteroatoms. The summed E-state index contributed by atoms with van der Waals surface area (Å²) in [6, 6.07) is 12.1. The molecule has 2 amide bonds. The van der Waals surface area contributed by atoms with E-state index in [0.717, 1.165) is 5.56 Å². The number of ether oxygens (including phenoxy) is 2. The summed E-state index contributed by atoms with van der Waals surface area (Å²) in [5.41, 5.74) is 7.61. The summed E-state index contributed by atoms with van der Waals surface area (Å²) in [4.78, 5) is 36.0. The summed E-state index contributed by atoms with van der Waals surface area (Å²) in [6.45, 7) is 7.00. The number of nitrogens with two attached hydrogens (primary N) is 1. The van der Waals surface area contributed by atoms with Crippen LogP contribution in [-0.2, 0) is 14.3 Å². The topological polar surface area (TPSA) is 120 Å². The maximum absolute atomic E-state index is 12.4. The van der Waals surface area contributed by atoms with Crippen molar-refractivity contribution in [1.29, 1.82) is 0 Å². The second-order valence-electron chi connectivity index (χ2n) is 8.37. The predicted molar refractivity (Wildman–Crippen MR) is 126 cm³/mol. The molecule has 0 aliphatic rings. The van der Waals surface area contributed by atoms with Crippen molar-refractivity contribution in [2.24, 2.45) is 5.73 Å². The van der Waals surface area contributed by atoms with E-state index in [2.05, 4.69) is 27.2 Å². The molecule has 8 nitrogen and oxygen atoms in total. The molecule has 2 aromatic carbocycles. The van der Waals surface area contributed by atoms with Crippen LogP contribution in [0.15, 0.2) is 48.5 Å². The smallest absolute Gasteiger partial charge is 0.412 e. The fourth-order valence-corrected chi connectivity index (χ4v) is 2.66. The quantitative estimate of drug-likeness (QED) is 0.475. The maximum atomic E-state index is 12.4. The molecule has 0 saturated carbocycles. The van der Waals surface area contributed by atoms with Crippen LogP contribution in [0.3, 0.4) is 0 Å². The van der Waals surface area contributed by atoms with Crippen LogP contribution >= 0.6 is 0 Å². The van der Waals surface area contributed by atoms with E-state index in [4.69, 9.17) is 10.5 Å². The third-order valence-electron chi connectivity index (χ3n) is 4.30. The van der Waals surface area contributed by atoms with Crippen LogP contribution in [0.5, 0.6) is 0 Å². The van der Waals surface area contributed by atoms with Gasteiger partial charge in [-0.2, -0.15) is 0 Å². The van der Waals surface area contributed by atoms with Gasteiger partial charge >= 0.3 is 12.1 Å². The van der Waals surface area contributed by atoms with Crippen LogP contribution in [0, 0.1) is 11.8 Å². The Morgan fingerprint density at radius 1 is 0.939 bits per heavy atom. The lowest BCUT2D eigenvalue weighted by Gasteiger charge is -2.19. The summed E-state index contributed by atoms with van der Waals surface area (Å²) in [6.07, 6.45) is -0.524. The van der Waals surface area contributed by atoms with Crippen LogP contribution in [0.4, 0.5) is 10.5 Å². The molecule has 2 unspecified atom stereocenters. The number of amides is 2. The number of esters is 1. The van der Waals surface area contributed by atoms with Gasteiger partial charge < -0.3 is 20.5 Å². The fraction of sp³-hybridized carbons (Fsp3) is 0.320. The van der Waals surface area contributed by atoms with E-state index in [1.54, 1.807) is 76.2 Å². The molecule has 0 aromatic heterocycles. The average Bonchev–Trinajstić information content (AvgIpc) is 2.75. The minimum absolute atomic E-state index is 0.368. The zero-order chi connectivity index (χ0) is 24.6. The Hall–Kier alpha value is -3.83. The molecule has 0 fully saturated rings.